The molecular formula is C16H29N3O. The van der Waals surface area contributed by atoms with Gasteiger partial charge in [-0.3, -0.25) is 15.0 Å². The van der Waals surface area contributed by atoms with E-state index in [1.807, 2.05) is 0 Å². The normalized spacial score (nSPS) is 29.8. The topological polar surface area (TPSA) is 35.6 Å². The van der Waals surface area contributed by atoms with E-state index in [9.17, 15) is 4.79 Å². The van der Waals surface area contributed by atoms with Gasteiger partial charge in [-0.15, -0.1) is 0 Å². The van der Waals surface area contributed by atoms with Crippen LogP contribution in [0.1, 0.15) is 52.9 Å². The Morgan fingerprint density at radius 2 is 2.00 bits per heavy atom. The zero-order valence-electron chi connectivity index (χ0n) is 13.4. The molecule has 3 aliphatic rings. The molecule has 114 valence electrons. The molecule has 3 fully saturated rings. The number of nitrogens with one attached hydrogen (secondary N) is 1. The van der Waals surface area contributed by atoms with E-state index >= 15 is 0 Å². The molecule has 1 amide bonds. The molecule has 4 nitrogen and oxygen atoms in total. The van der Waals surface area contributed by atoms with Gasteiger partial charge in [-0.1, -0.05) is 13.8 Å². The van der Waals surface area contributed by atoms with E-state index in [0.717, 1.165) is 31.8 Å². The summed E-state index contributed by atoms with van der Waals surface area (Å²) < 4.78 is 0. The number of rotatable bonds is 6. The Balaban J connectivity index is 1.66. The number of nitrogens with zero attached hydrogens (tertiary/aromatic N) is 2. The summed E-state index contributed by atoms with van der Waals surface area (Å²) in [5, 5.41) is 3.62. The van der Waals surface area contributed by atoms with Crippen LogP contribution >= 0.6 is 0 Å². The molecule has 2 unspecified atom stereocenters. The van der Waals surface area contributed by atoms with Crippen LogP contribution in [0, 0.1) is 5.92 Å². The first-order valence-corrected chi connectivity index (χ1v) is 8.23. The van der Waals surface area contributed by atoms with Crippen LogP contribution in [0.25, 0.3) is 0 Å². The third-order valence-electron chi connectivity index (χ3n) is 5.21. The molecule has 0 aromatic carbocycles. The Bertz CT molecular complexity index is 387. The summed E-state index contributed by atoms with van der Waals surface area (Å²) in [6.07, 6.45) is 6.03. The Labute approximate surface area is 122 Å². The van der Waals surface area contributed by atoms with E-state index in [2.05, 4.69) is 42.9 Å². The Hall–Kier alpha value is -0.610. The van der Waals surface area contributed by atoms with Gasteiger partial charge in [0.05, 0.1) is 11.7 Å². The van der Waals surface area contributed by atoms with Crippen molar-refractivity contribution in [2.75, 3.05) is 13.6 Å². The monoisotopic (exact) mass is 279 g/mol. The summed E-state index contributed by atoms with van der Waals surface area (Å²) in [6, 6.07) is 1.21. The fourth-order valence-electron chi connectivity index (χ4n) is 3.46. The molecule has 1 saturated heterocycles. The molecule has 0 aromatic heterocycles. The molecule has 2 aliphatic carbocycles. The van der Waals surface area contributed by atoms with E-state index in [4.69, 9.17) is 0 Å². The summed E-state index contributed by atoms with van der Waals surface area (Å²) in [5.74, 6) is 0.979. The number of carbonyl (C=O) groups is 1. The van der Waals surface area contributed by atoms with Crippen molar-refractivity contribution in [3.8, 4) is 0 Å². The van der Waals surface area contributed by atoms with E-state index < -0.39 is 0 Å². The smallest absolute Gasteiger partial charge is 0.244 e. The molecule has 1 heterocycles. The minimum Gasteiger partial charge on any atom is -0.324 e. The van der Waals surface area contributed by atoms with E-state index in [0.29, 0.717) is 17.9 Å². The minimum atomic E-state index is -0.169. The van der Waals surface area contributed by atoms with Crippen LogP contribution in [0.3, 0.4) is 0 Å². The molecule has 0 aromatic rings. The van der Waals surface area contributed by atoms with Crippen molar-refractivity contribution in [3.05, 3.63) is 0 Å². The maximum Gasteiger partial charge on any atom is 0.244 e. The fraction of sp³-hybridized carbons (Fsp3) is 0.938. The lowest BCUT2D eigenvalue weighted by Gasteiger charge is -2.32. The van der Waals surface area contributed by atoms with E-state index in [-0.39, 0.29) is 11.7 Å². The molecule has 0 bridgehead atoms. The predicted octanol–water partition coefficient (Wildman–Crippen LogP) is 1.81. The van der Waals surface area contributed by atoms with Crippen LogP contribution in [0.2, 0.25) is 0 Å². The maximum absolute atomic E-state index is 12.7. The van der Waals surface area contributed by atoms with Crippen LogP contribution in [-0.4, -0.2) is 53.1 Å². The van der Waals surface area contributed by atoms with Crippen molar-refractivity contribution >= 4 is 5.91 Å². The fourth-order valence-corrected chi connectivity index (χ4v) is 3.46. The van der Waals surface area contributed by atoms with Crippen molar-refractivity contribution in [3.63, 3.8) is 0 Å². The van der Waals surface area contributed by atoms with Gasteiger partial charge in [-0.25, -0.2) is 0 Å². The third-order valence-corrected chi connectivity index (χ3v) is 5.21. The van der Waals surface area contributed by atoms with Gasteiger partial charge in [0.15, 0.2) is 0 Å². The third kappa shape index (κ3) is 2.60. The molecule has 1 N–H and O–H groups in total. The molecule has 1 aliphatic heterocycles. The van der Waals surface area contributed by atoms with E-state index in [1.165, 1.54) is 12.8 Å². The zero-order valence-corrected chi connectivity index (χ0v) is 13.4. The molecule has 1 spiro atoms. The summed E-state index contributed by atoms with van der Waals surface area (Å²) in [6.45, 7) is 7.61. The van der Waals surface area contributed by atoms with Gasteiger partial charge >= 0.3 is 0 Å². The molecule has 2 atom stereocenters. The van der Waals surface area contributed by atoms with Gasteiger partial charge in [-0.2, -0.15) is 0 Å². The first kappa shape index (κ1) is 14.3. The van der Waals surface area contributed by atoms with Crippen molar-refractivity contribution in [2.24, 2.45) is 5.92 Å². The largest absolute Gasteiger partial charge is 0.324 e. The Morgan fingerprint density at radius 1 is 1.35 bits per heavy atom. The molecule has 2 saturated carbocycles. The quantitative estimate of drug-likeness (QED) is 0.805. The summed E-state index contributed by atoms with van der Waals surface area (Å²) >= 11 is 0. The number of likely N-dealkylation sites (N-methyl/N-ethyl adjacent to an activating group) is 1. The Morgan fingerprint density at radius 3 is 2.50 bits per heavy atom. The van der Waals surface area contributed by atoms with Crippen LogP contribution in [0.4, 0.5) is 0 Å². The van der Waals surface area contributed by atoms with Gasteiger partial charge in [-0.05, 0) is 52.0 Å². The average molecular weight is 279 g/mol. The van der Waals surface area contributed by atoms with Gasteiger partial charge in [0.2, 0.25) is 5.91 Å². The summed E-state index contributed by atoms with van der Waals surface area (Å²) in [5.41, 5.74) is -0.169. The first-order chi connectivity index (χ1) is 9.43. The standard InChI is InChI=1S/C16H29N3O/c1-11(2)9-14-17-16(7-8-16)15(20)19(14)10-12(3)18(4)13-5-6-13/h11-14,17H,5-10H2,1-4H3. The molecule has 4 heteroatoms. The number of hydrogen-bond acceptors (Lipinski definition) is 3. The average Bonchev–Trinajstić information content (AvgIpc) is 3.24. The van der Waals surface area contributed by atoms with Gasteiger partial charge in [0, 0.05) is 18.6 Å². The summed E-state index contributed by atoms with van der Waals surface area (Å²) in [7, 11) is 2.21. The summed E-state index contributed by atoms with van der Waals surface area (Å²) in [4.78, 5) is 17.3. The highest BCUT2D eigenvalue weighted by Crippen LogP contribution is 2.43. The maximum atomic E-state index is 12.7. The lowest BCUT2D eigenvalue weighted by molar-refractivity contribution is -0.131. The van der Waals surface area contributed by atoms with Crippen molar-refractivity contribution < 1.29 is 4.79 Å². The van der Waals surface area contributed by atoms with Crippen LogP contribution in [0.15, 0.2) is 0 Å². The Kier molecular flexibility index (Phi) is 3.57. The highest BCUT2D eigenvalue weighted by Gasteiger charge is 2.59. The lowest BCUT2D eigenvalue weighted by Crippen LogP contribution is -2.46. The van der Waals surface area contributed by atoms with Crippen molar-refractivity contribution in [1.82, 2.24) is 15.1 Å². The van der Waals surface area contributed by atoms with Gasteiger partial charge < -0.3 is 4.90 Å². The van der Waals surface area contributed by atoms with Gasteiger partial charge in [0.25, 0.3) is 0 Å². The molecule has 0 radical (unpaired) electrons. The zero-order chi connectivity index (χ0) is 14.5. The predicted molar refractivity (Wildman–Crippen MR) is 80.3 cm³/mol. The second kappa shape index (κ2) is 4.99. The van der Waals surface area contributed by atoms with Crippen molar-refractivity contribution in [1.29, 1.82) is 0 Å². The minimum absolute atomic E-state index is 0.169. The van der Waals surface area contributed by atoms with Gasteiger partial charge in [0.1, 0.15) is 0 Å². The number of carbonyl (C=O) groups excluding carboxylic acids is 1. The SMILES string of the molecule is CC(C)CC1NC2(CC2)C(=O)N1CC(C)N(C)C1CC1. The second-order valence-electron chi connectivity index (χ2n) is 7.57. The molecule has 20 heavy (non-hydrogen) atoms. The van der Waals surface area contributed by atoms with E-state index in [1.54, 1.807) is 0 Å². The lowest BCUT2D eigenvalue weighted by atomic mass is 10.1. The molecular weight excluding hydrogens is 250 g/mol. The highest BCUT2D eigenvalue weighted by molar-refractivity contribution is 5.91. The second-order valence-corrected chi connectivity index (χ2v) is 7.57. The molecule has 3 rings (SSSR count). The first-order valence-electron chi connectivity index (χ1n) is 8.23. The number of amides is 1. The number of hydrogen-bond donors (Lipinski definition) is 1. The highest BCUT2D eigenvalue weighted by atomic mass is 16.2. The van der Waals surface area contributed by atoms with Crippen molar-refractivity contribution in [2.45, 2.75) is 76.7 Å². The van der Waals surface area contributed by atoms with Crippen LogP contribution in [0.5, 0.6) is 0 Å². The van der Waals surface area contributed by atoms with Crippen LogP contribution in [-0.2, 0) is 4.79 Å². The van der Waals surface area contributed by atoms with Crippen LogP contribution < -0.4 is 5.32 Å².